The van der Waals surface area contributed by atoms with Crippen LogP contribution in [0.1, 0.15) is 0 Å². The van der Waals surface area contributed by atoms with E-state index in [4.69, 9.17) is 16.8 Å². The van der Waals surface area contributed by atoms with Crippen molar-refractivity contribution in [3.05, 3.63) is 41.4 Å². The Hall–Kier alpha value is -1.25. The van der Waals surface area contributed by atoms with Crippen molar-refractivity contribution < 1.29 is 5.21 Å². The van der Waals surface area contributed by atoms with Crippen molar-refractivity contribution >= 4 is 28.1 Å². The van der Waals surface area contributed by atoms with Gasteiger partial charge in [0.2, 0.25) is 0 Å². The maximum Gasteiger partial charge on any atom is 0.0681 e. The summed E-state index contributed by atoms with van der Waals surface area (Å²) in [4.78, 5) is 0. The fraction of sp³-hybridized carbons (Fsp3) is 0. The second-order valence-electron chi connectivity index (χ2n) is 2.75. The van der Waals surface area contributed by atoms with E-state index < -0.39 is 0 Å². The summed E-state index contributed by atoms with van der Waals surface area (Å²) in [6.45, 7) is 0. The van der Waals surface area contributed by atoms with Crippen LogP contribution in [-0.2, 0) is 0 Å². The molecule has 0 saturated carbocycles. The van der Waals surface area contributed by atoms with Crippen molar-refractivity contribution in [1.82, 2.24) is 0 Å². The number of halogens is 1. The monoisotopic (exact) mass is 193 g/mol. The normalized spacial score (nSPS) is 10.3. The van der Waals surface area contributed by atoms with E-state index in [1.54, 1.807) is 12.1 Å². The molecule has 66 valence electrons. The molecule has 0 bridgehead atoms. The minimum absolute atomic E-state index is 0.667. The predicted octanol–water partition coefficient (Wildman–Crippen LogP) is 3.29. The average Bonchev–Trinajstić information content (AvgIpc) is 2.19. The number of hydrogen-bond donors (Lipinski definition) is 2. The van der Waals surface area contributed by atoms with Gasteiger partial charge < -0.3 is 0 Å². The summed E-state index contributed by atoms with van der Waals surface area (Å²) in [6.07, 6.45) is 0. The fourth-order valence-corrected chi connectivity index (χ4v) is 1.59. The number of anilines is 1. The van der Waals surface area contributed by atoms with Gasteiger partial charge in [0.15, 0.2) is 0 Å². The van der Waals surface area contributed by atoms with Crippen LogP contribution in [0.3, 0.4) is 0 Å². The highest BCUT2D eigenvalue weighted by Crippen LogP contribution is 2.28. The second kappa shape index (κ2) is 3.24. The molecule has 0 fully saturated rings. The summed E-state index contributed by atoms with van der Waals surface area (Å²) in [6, 6.07) is 11.1. The Morgan fingerprint density at radius 1 is 1.00 bits per heavy atom. The quantitative estimate of drug-likeness (QED) is 0.682. The highest BCUT2D eigenvalue weighted by molar-refractivity contribution is 6.36. The third kappa shape index (κ3) is 1.34. The van der Waals surface area contributed by atoms with E-state index in [9.17, 15) is 0 Å². The first-order valence-corrected chi connectivity index (χ1v) is 4.28. The van der Waals surface area contributed by atoms with E-state index in [0.717, 1.165) is 10.8 Å². The van der Waals surface area contributed by atoms with Gasteiger partial charge in [-0.3, -0.25) is 10.7 Å². The molecule has 3 heteroatoms. The minimum Gasteiger partial charge on any atom is -0.291 e. The number of fused-ring (bicyclic) bond motifs is 1. The van der Waals surface area contributed by atoms with E-state index in [1.165, 1.54) is 0 Å². The van der Waals surface area contributed by atoms with E-state index in [0.29, 0.717) is 10.7 Å². The number of benzene rings is 2. The van der Waals surface area contributed by atoms with Crippen LogP contribution in [0.2, 0.25) is 5.02 Å². The summed E-state index contributed by atoms with van der Waals surface area (Å²) in [5.41, 5.74) is 2.81. The number of rotatable bonds is 1. The zero-order valence-electron chi connectivity index (χ0n) is 6.79. The summed E-state index contributed by atoms with van der Waals surface area (Å²) in [7, 11) is 0. The summed E-state index contributed by atoms with van der Waals surface area (Å²) in [5.74, 6) is 0. The van der Waals surface area contributed by atoms with Gasteiger partial charge in [-0.25, -0.2) is 0 Å². The first kappa shape index (κ1) is 8.35. The average molecular weight is 194 g/mol. The van der Waals surface area contributed by atoms with Crippen molar-refractivity contribution in [3.8, 4) is 0 Å². The van der Waals surface area contributed by atoms with Crippen LogP contribution < -0.4 is 5.48 Å². The lowest BCUT2D eigenvalue weighted by molar-refractivity contribution is 0.390. The van der Waals surface area contributed by atoms with Crippen LogP contribution in [-0.4, -0.2) is 5.21 Å². The lowest BCUT2D eigenvalue weighted by Crippen LogP contribution is -1.90. The molecule has 0 amide bonds. The Bertz CT molecular complexity index is 442. The van der Waals surface area contributed by atoms with Crippen LogP contribution in [0, 0.1) is 0 Å². The molecule has 0 aliphatic carbocycles. The summed E-state index contributed by atoms with van der Waals surface area (Å²) >= 11 is 5.98. The van der Waals surface area contributed by atoms with Gasteiger partial charge in [0, 0.05) is 15.8 Å². The maximum absolute atomic E-state index is 8.83. The van der Waals surface area contributed by atoms with Crippen molar-refractivity contribution in [1.29, 1.82) is 0 Å². The third-order valence-corrected chi connectivity index (χ3v) is 2.32. The van der Waals surface area contributed by atoms with Gasteiger partial charge in [0.25, 0.3) is 0 Å². The molecular weight excluding hydrogens is 186 g/mol. The molecule has 0 spiro atoms. The Balaban J connectivity index is 2.84. The molecule has 0 radical (unpaired) electrons. The van der Waals surface area contributed by atoms with E-state index in [-0.39, 0.29) is 0 Å². The van der Waals surface area contributed by atoms with Gasteiger partial charge in [-0.2, -0.15) is 0 Å². The summed E-state index contributed by atoms with van der Waals surface area (Å²) < 4.78 is 0. The molecule has 0 unspecified atom stereocenters. The van der Waals surface area contributed by atoms with Gasteiger partial charge in [-0.15, -0.1) is 0 Å². The molecule has 2 rings (SSSR count). The van der Waals surface area contributed by atoms with E-state index in [1.807, 2.05) is 24.3 Å². The topological polar surface area (TPSA) is 32.3 Å². The van der Waals surface area contributed by atoms with Gasteiger partial charge in [0.1, 0.15) is 0 Å². The lowest BCUT2D eigenvalue weighted by atomic mass is 10.1. The first-order chi connectivity index (χ1) is 6.33. The van der Waals surface area contributed by atoms with Crippen molar-refractivity contribution in [2.45, 2.75) is 0 Å². The summed E-state index contributed by atoms with van der Waals surface area (Å²) in [5, 5.41) is 11.4. The Labute approximate surface area is 80.7 Å². The number of nitrogens with one attached hydrogen (secondary N) is 1. The molecule has 2 nitrogen and oxygen atoms in total. The third-order valence-electron chi connectivity index (χ3n) is 1.99. The van der Waals surface area contributed by atoms with Crippen LogP contribution >= 0.6 is 11.6 Å². The molecule has 0 heterocycles. The van der Waals surface area contributed by atoms with Gasteiger partial charge in [-0.05, 0) is 12.1 Å². The van der Waals surface area contributed by atoms with Crippen molar-refractivity contribution in [2.75, 3.05) is 5.48 Å². The van der Waals surface area contributed by atoms with Crippen LogP contribution in [0.15, 0.2) is 36.4 Å². The highest BCUT2D eigenvalue weighted by Gasteiger charge is 2.01. The van der Waals surface area contributed by atoms with Crippen LogP contribution in [0.4, 0.5) is 5.69 Å². The number of hydrogen-bond acceptors (Lipinski definition) is 2. The molecule has 2 aromatic rings. The standard InChI is InChI=1S/C10H8ClNO/c11-9-5-6-10(12-13)8-4-2-1-3-7(8)9/h1-6,12-13H. The molecule has 0 aliphatic rings. The van der Waals surface area contributed by atoms with Gasteiger partial charge in [-0.1, -0.05) is 35.9 Å². The molecule has 0 atom stereocenters. The largest absolute Gasteiger partial charge is 0.291 e. The molecule has 2 N–H and O–H groups in total. The van der Waals surface area contributed by atoms with E-state index in [2.05, 4.69) is 5.48 Å². The zero-order chi connectivity index (χ0) is 9.26. The van der Waals surface area contributed by atoms with Crippen LogP contribution in [0.5, 0.6) is 0 Å². The molecule has 13 heavy (non-hydrogen) atoms. The molecule has 0 aliphatic heterocycles. The second-order valence-corrected chi connectivity index (χ2v) is 3.16. The van der Waals surface area contributed by atoms with E-state index >= 15 is 0 Å². The Morgan fingerprint density at radius 3 is 2.38 bits per heavy atom. The van der Waals surface area contributed by atoms with Crippen molar-refractivity contribution in [3.63, 3.8) is 0 Å². The molecule has 0 saturated heterocycles. The fourth-order valence-electron chi connectivity index (χ4n) is 1.36. The Kier molecular flexibility index (Phi) is 2.08. The first-order valence-electron chi connectivity index (χ1n) is 3.90. The predicted molar refractivity (Wildman–Crippen MR) is 54.4 cm³/mol. The van der Waals surface area contributed by atoms with Crippen LogP contribution in [0.25, 0.3) is 10.8 Å². The Morgan fingerprint density at radius 2 is 1.69 bits per heavy atom. The van der Waals surface area contributed by atoms with Gasteiger partial charge >= 0.3 is 0 Å². The smallest absolute Gasteiger partial charge is 0.0681 e. The molecular formula is C10H8ClNO. The van der Waals surface area contributed by atoms with Gasteiger partial charge in [0.05, 0.1) is 5.69 Å². The maximum atomic E-state index is 8.83. The van der Waals surface area contributed by atoms with Crippen molar-refractivity contribution in [2.24, 2.45) is 0 Å². The zero-order valence-corrected chi connectivity index (χ0v) is 7.55. The highest BCUT2D eigenvalue weighted by atomic mass is 35.5. The molecule has 0 aromatic heterocycles. The minimum atomic E-state index is 0.667. The SMILES string of the molecule is ONc1ccc(Cl)c2ccccc12. The molecule has 2 aromatic carbocycles. The lowest BCUT2D eigenvalue weighted by Gasteiger charge is -2.05.